The monoisotopic (exact) mass is 325 g/mol. The summed E-state index contributed by atoms with van der Waals surface area (Å²) in [6.07, 6.45) is -14.3. The molecule has 0 aromatic rings. The molecule has 0 unspecified atom stereocenters. The van der Waals surface area contributed by atoms with Crippen LogP contribution in [0.25, 0.3) is 0 Å². The highest BCUT2D eigenvalue weighted by Crippen LogP contribution is 2.35. The van der Waals surface area contributed by atoms with Gasteiger partial charge in [0.25, 0.3) is 0 Å². The zero-order valence-corrected chi connectivity index (χ0v) is 11.5. The van der Waals surface area contributed by atoms with Crippen LogP contribution in [0, 0.1) is 6.10 Å². The van der Waals surface area contributed by atoms with Crippen LogP contribution >= 0.6 is 0 Å². The molecule has 2 heterocycles. The highest BCUT2D eigenvalue weighted by Gasteiger charge is 2.54. The van der Waals surface area contributed by atoms with Crippen LogP contribution in [0.4, 0.5) is 0 Å². The number of rotatable bonds is 3. The van der Waals surface area contributed by atoms with Crippen molar-refractivity contribution in [2.75, 3.05) is 13.2 Å². The lowest BCUT2D eigenvalue weighted by molar-refractivity contribution is -0.269. The average Bonchev–Trinajstić information content (AvgIpc) is 2.52. The maximum absolute atomic E-state index is 9.97. The fourth-order valence-corrected chi connectivity index (χ4v) is 2.61. The van der Waals surface area contributed by atoms with E-state index in [0.29, 0.717) is 0 Å². The lowest BCUT2D eigenvalue weighted by atomic mass is 9.86. The Labute approximate surface area is 125 Å². The van der Waals surface area contributed by atoms with Crippen LogP contribution in [0.5, 0.6) is 0 Å². The molecule has 0 amide bonds. The van der Waals surface area contributed by atoms with Crippen LogP contribution < -0.4 is 0 Å². The summed E-state index contributed by atoms with van der Waals surface area (Å²) in [5, 5.41) is 77.0. The van der Waals surface area contributed by atoms with Crippen LogP contribution in [0.2, 0.25) is 0 Å². The molecule has 0 spiro atoms. The van der Waals surface area contributed by atoms with Crippen LogP contribution in [0.15, 0.2) is 0 Å². The van der Waals surface area contributed by atoms with Gasteiger partial charge in [0, 0.05) is 0 Å². The van der Waals surface area contributed by atoms with Gasteiger partial charge < -0.3 is 50.3 Å². The summed E-state index contributed by atoms with van der Waals surface area (Å²) in [5.41, 5.74) is 0. The van der Waals surface area contributed by atoms with Crippen LogP contribution in [-0.4, -0.2) is 109 Å². The first-order valence-corrected chi connectivity index (χ1v) is 6.82. The van der Waals surface area contributed by atoms with E-state index in [4.69, 9.17) is 19.7 Å². The first-order valence-electron chi connectivity index (χ1n) is 6.82. The predicted molar refractivity (Wildman–Crippen MR) is 67.0 cm³/mol. The first-order chi connectivity index (χ1) is 10.3. The summed E-state index contributed by atoms with van der Waals surface area (Å²) in [6, 6.07) is 0. The number of hydrogen-bond donors (Lipinski definition) is 8. The molecule has 8 N–H and O–H groups in total. The molecule has 2 aliphatic rings. The van der Waals surface area contributed by atoms with E-state index in [2.05, 4.69) is 0 Å². The van der Waals surface area contributed by atoms with Gasteiger partial charge in [-0.3, -0.25) is 0 Å². The third kappa shape index (κ3) is 2.99. The molecular weight excluding hydrogens is 304 g/mol. The average molecular weight is 325 g/mol. The molecule has 2 fully saturated rings. The van der Waals surface area contributed by atoms with Gasteiger partial charge in [-0.15, -0.1) is 0 Å². The highest BCUT2D eigenvalue weighted by atomic mass is 16.6. The molecule has 0 aliphatic carbocycles. The SMILES string of the molecule is OC[C@H]1O[C@@H]([C]2O[C@H](CO)[C@@H](O)[C@H](O)[C@H]2O)[C@H](O)[C@@H](O)[C@@H]1O. The molecule has 0 bridgehead atoms. The maximum Gasteiger partial charge on any atom is 0.160 e. The van der Waals surface area contributed by atoms with E-state index in [-0.39, 0.29) is 0 Å². The second-order valence-electron chi connectivity index (χ2n) is 5.42. The van der Waals surface area contributed by atoms with E-state index in [0.717, 1.165) is 0 Å². The van der Waals surface area contributed by atoms with Gasteiger partial charge in [0.05, 0.1) is 13.2 Å². The molecular formula is C12H21O10. The zero-order chi connectivity index (χ0) is 16.6. The molecule has 2 rings (SSSR count). The third-order valence-electron chi connectivity index (χ3n) is 3.99. The smallest absolute Gasteiger partial charge is 0.160 e. The molecule has 10 nitrogen and oxygen atoms in total. The topological polar surface area (TPSA) is 180 Å². The highest BCUT2D eigenvalue weighted by molar-refractivity contribution is 5.11. The van der Waals surface area contributed by atoms with Crippen molar-refractivity contribution in [2.45, 2.75) is 54.9 Å². The van der Waals surface area contributed by atoms with E-state index < -0.39 is 74.3 Å². The molecule has 1 radical (unpaired) electrons. The van der Waals surface area contributed by atoms with E-state index >= 15 is 0 Å². The molecule has 0 aromatic heterocycles. The number of ether oxygens (including phenoxy) is 2. The van der Waals surface area contributed by atoms with Gasteiger partial charge in [0.15, 0.2) is 6.10 Å². The number of aliphatic hydroxyl groups excluding tert-OH is 8. The third-order valence-corrected chi connectivity index (χ3v) is 3.99. The quantitative estimate of drug-likeness (QED) is 0.250. The Morgan fingerprint density at radius 1 is 0.682 bits per heavy atom. The molecule has 9 atom stereocenters. The summed E-state index contributed by atoms with van der Waals surface area (Å²) < 4.78 is 10.4. The van der Waals surface area contributed by atoms with Crippen molar-refractivity contribution in [3.05, 3.63) is 6.10 Å². The van der Waals surface area contributed by atoms with Gasteiger partial charge in [0.1, 0.15) is 54.9 Å². The summed E-state index contributed by atoms with van der Waals surface area (Å²) >= 11 is 0. The van der Waals surface area contributed by atoms with Crippen molar-refractivity contribution in [2.24, 2.45) is 0 Å². The Hall–Kier alpha value is -0.400. The minimum atomic E-state index is -1.75. The minimum absolute atomic E-state index is 0.409. The molecule has 0 saturated carbocycles. The number of aliphatic hydroxyl groups is 8. The van der Waals surface area contributed by atoms with Crippen molar-refractivity contribution in [3.8, 4) is 0 Å². The van der Waals surface area contributed by atoms with E-state index in [1.165, 1.54) is 0 Å². The van der Waals surface area contributed by atoms with Crippen molar-refractivity contribution >= 4 is 0 Å². The summed E-state index contributed by atoms with van der Waals surface area (Å²) in [4.78, 5) is 0. The number of hydrogen-bond acceptors (Lipinski definition) is 10. The van der Waals surface area contributed by atoms with Gasteiger partial charge in [-0.25, -0.2) is 0 Å². The van der Waals surface area contributed by atoms with E-state index in [1.807, 2.05) is 0 Å². The largest absolute Gasteiger partial charge is 0.394 e. The maximum atomic E-state index is 9.97. The first kappa shape index (κ1) is 17.9. The van der Waals surface area contributed by atoms with Crippen molar-refractivity contribution in [1.82, 2.24) is 0 Å². The molecule has 10 heteroatoms. The Morgan fingerprint density at radius 2 is 1.23 bits per heavy atom. The van der Waals surface area contributed by atoms with Gasteiger partial charge in [0.2, 0.25) is 0 Å². The van der Waals surface area contributed by atoms with Crippen LogP contribution in [0.3, 0.4) is 0 Å². The van der Waals surface area contributed by atoms with Crippen LogP contribution in [0.1, 0.15) is 0 Å². The van der Waals surface area contributed by atoms with E-state index in [9.17, 15) is 30.6 Å². The summed E-state index contributed by atoms with van der Waals surface area (Å²) in [7, 11) is 0. The van der Waals surface area contributed by atoms with Crippen LogP contribution in [-0.2, 0) is 9.47 Å². The molecule has 22 heavy (non-hydrogen) atoms. The molecule has 2 saturated heterocycles. The summed E-state index contributed by atoms with van der Waals surface area (Å²) in [5.74, 6) is 0. The van der Waals surface area contributed by atoms with Gasteiger partial charge >= 0.3 is 0 Å². The van der Waals surface area contributed by atoms with Gasteiger partial charge in [-0.2, -0.15) is 0 Å². The Bertz CT molecular complexity index is 330. The molecule has 0 aromatic carbocycles. The second-order valence-corrected chi connectivity index (χ2v) is 5.42. The van der Waals surface area contributed by atoms with Gasteiger partial charge in [-0.05, 0) is 0 Å². The van der Waals surface area contributed by atoms with Gasteiger partial charge in [-0.1, -0.05) is 0 Å². The van der Waals surface area contributed by atoms with Crippen molar-refractivity contribution < 1.29 is 50.3 Å². The Morgan fingerprint density at radius 3 is 1.77 bits per heavy atom. The lowest BCUT2D eigenvalue weighted by Gasteiger charge is -2.47. The standard InChI is InChI=1S/C12H21O10/c13-1-3-5(15)7(17)9(19)11(21-3)12-10(20)8(18)6(16)4(2-14)22-12/h3-11,13-20H,1-2H2/t3-,4-,5-,6-,7+,8+,9-,10-,11-/m1/s1. The molecule has 2 aliphatic heterocycles. The Balaban J connectivity index is 2.21. The lowest BCUT2D eigenvalue weighted by Crippen LogP contribution is -2.65. The fourth-order valence-electron chi connectivity index (χ4n) is 2.61. The predicted octanol–water partition coefficient (Wildman–Crippen LogP) is -5.17. The van der Waals surface area contributed by atoms with Crippen molar-refractivity contribution in [3.63, 3.8) is 0 Å². The van der Waals surface area contributed by atoms with E-state index in [1.54, 1.807) is 0 Å². The normalized spacial score (nSPS) is 51.0. The molecule has 129 valence electrons. The Kier molecular flexibility index (Phi) is 5.72. The fraction of sp³-hybridized carbons (Fsp3) is 0.917. The minimum Gasteiger partial charge on any atom is -0.394 e. The summed E-state index contributed by atoms with van der Waals surface area (Å²) in [6.45, 7) is -1.34. The van der Waals surface area contributed by atoms with Crippen molar-refractivity contribution in [1.29, 1.82) is 0 Å². The second kappa shape index (κ2) is 7.01. The zero-order valence-electron chi connectivity index (χ0n) is 11.5.